The number of para-hydroxylation sites is 1. The maximum Gasteiger partial charge on any atom is 0.321 e. The van der Waals surface area contributed by atoms with E-state index in [0.29, 0.717) is 31.7 Å². The number of ether oxygens (including phenoxy) is 1. The summed E-state index contributed by atoms with van der Waals surface area (Å²) in [6, 6.07) is 13.1. The summed E-state index contributed by atoms with van der Waals surface area (Å²) in [6.07, 6.45) is 3.07. The summed E-state index contributed by atoms with van der Waals surface area (Å²) >= 11 is 0. The molecule has 0 spiro atoms. The summed E-state index contributed by atoms with van der Waals surface area (Å²) in [7, 11) is 1.61. The van der Waals surface area contributed by atoms with E-state index in [1.807, 2.05) is 24.3 Å². The number of urea groups is 1. The topological polar surface area (TPSA) is 70.7 Å². The molecular formula is C23H28FN3O3. The molecule has 0 bridgehead atoms. The number of hydrogen-bond acceptors (Lipinski definition) is 3. The van der Waals surface area contributed by atoms with Gasteiger partial charge in [-0.25, -0.2) is 9.18 Å². The lowest BCUT2D eigenvalue weighted by Crippen LogP contribution is -2.42. The van der Waals surface area contributed by atoms with Crippen molar-refractivity contribution < 1.29 is 18.7 Å². The first-order chi connectivity index (χ1) is 14.5. The number of likely N-dealkylation sites (tertiary alicyclic amines) is 1. The van der Waals surface area contributed by atoms with Crippen LogP contribution in [-0.2, 0) is 11.3 Å². The lowest BCUT2D eigenvalue weighted by molar-refractivity contribution is -0.121. The predicted molar refractivity (Wildman–Crippen MR) is 114 cm³/mol. The molecular weight excluding hydrogens is 385 g/mol. The summed E-state index contributed by atoms with van der Waals surface area (Å²) < 4.78 is 18.3. The fourth-order valence-electron chi connectivity index (χ4n) is 3.69. The fourth-order valence-corrected chi connectivity index (χ4v) is 3.69. The molecule has 1 saturated heterocycles. The minimum absolute atomic E-state index is 0.00575. The molecule has 0 saturated carbocycles. The largest absolute Gasteiger partial charge is 0.496 e. The van der Waals surface area contributed by atoms with Crippen molar-refractivity contribution in [1.29, 1.82) is 0 Å². The molecule has 160 valence electrons. The fraction of sp³-hybridized carbons (Fsp3) is 0.391. The molecule has 1 aliphatic heterocycles. The number of carbonyl (C=O) groups is 2. The number of amides is 3. The van der Waals surface area contributed by atoms with Gasteiger partial charge in [0.2, 0.25) is 5.91 Å². The maximum atomic E-state index is 13.0. The van der Waals surface area contributed by atoms with Gasteiger partial charge in [-0.05, 0) is 55.5 Å². The summed E-state index contributed by atoms with van der Waals surface area (Å²) in [5.74, 6) is 0.700. The molecule has 0 aliphatic carbocycles. The van der Waals surface area contributed by atoms with Gasteiger partial charge in [-0.1, -0.05) is 18.2 Å². The number of hydrogen-bond donors (Lipinski definition) is 2. The van der Waals surface area contributed by atoms with Crippen molar-refractivity contribution in [3.8, 4) is 5.75 Å². The first-order valence-corrected chi connectivity index (χ1v) is 10.2. The Morgan fingerprint density at radius 1 is 1.17 bits per heavy atom. The highest BCUT2D eigenvalue weighted by Gasteiger charge is 2.24. The molecule has 2 N–H and O–H groups in total. The maximum absolute atomic E-state index is 13.0. The highest BCUT2D eigenvalue weighted by atomic mass is 19.1. The van der Waals surface area contributed by atoms with Crippen molar-refractivity contribution in [3.05, 3.63) is 59.9 Å². The Hall–Kier alpha value is -3.09. The van der Waals surface area contributed by atoms with Crippen LogP contribution in [0.5, 0.6) is 5.75 Å². The van der Waals surface area contributed by atoms with Crippen LogP contribution in [-0.4, -0.2) is 37.0 Å². The molecule has 1 aliphatic rings. The molecule has 1 atom stereocenters. The zero-order valence-electron chi connectivity index (χ0n) is 17.2. The van der Waals surface area contributed by atoms with E-state index in [9.17, 15) is 14.0 Å². The average Bonchev–Trinajstić information content (AvgIpc) is 2.78. The Balaban J connectivity index is 1.42. The van der Waals surface area contributed by atoms with Crippen molar-refractivity contribution in [1.82, 2.24) is 10.2 Å². The van der Waals surface area contributed by atoms with Crippen LogP contribution in [0.25, 0.3) is 0 Å². The number of halogens is 1. The van der Waals surface area contributed by atoms with Crippen LogP contribution < -0.4 is 15.4 Å². The number of rotatable bonds is 7. The quantitative estimate of drug-likeness (QED) is 0.716. The number of piperidine rings is 1. The SMILES string of the molecule is COc1ccccc1CNC(=O)CC[C@H]1CCCN(C(=O)Nc2ccc(F)cc2)C1. The van der Waals surface area contributed by atoms with Gasteiger partial charge in [-0.15, -0.1) is 0 Å². The molecule has 7 heteroatoms. The van der Waals surface area contributed by atoms with Crippen LogP contribution in [0.4, 0.5) is 14.9 Å². The molecule has 0 aromatic heterocycles. The number of anilines is 1. The van der Waals surface area contributed by atoms with E-state index in [4.69, 9.17) is 4.74 Å². The van der Waals surface area contributed by atoms with E-state index < -0.39 is 0 Å². The number of nitrogens with zero attached hydrogens (tertiary/aromatic N) is 1. The normalized spacial score (nSPS) is 16.1. The zero-order valence-corrected chi connectivity index (χ0v) is 17.2. The number of benzene rings is 2. The molecule has 3 rings (SSSR count). The van der Waals surface area contributed by atoms with E-state index in [2.05, 4.69) is 10.6 Å². The Labute approximate surface area is 176 Å². The van der Waals surface area contributed by atoms with Crippen LogP contribution in [0.15, 0.2) is 48.5 Å². The summed E-state index contributed by atoms with van der Waals surface area (Å²) in [5, 5.41) is 5.74. The second-order valence-electron chi connectivity index (χ2n) is 7.52. The van der Waals surface area contributed by atoms with Crippen molar-refractivity contribution in [2.45, 2.75) is 32.2 Å². The highest BCUT2D eigenvalue weighted by molar-refractivity contribution is 5.89. The summed E-state index contributed by atoms with van der Waals surface area (Å²) in [5.41, 5.74) is 1.51. The molecule has 1 heterocycles. The van der Waals surface area contributed by atoms with E-state index in [0.717, 1.165) is 30.6 Å². The van der Waals surface area contributed by atoms with Gasteiger partial charge in [-0.2, -0.15) is 0 Å². The van der Waals surface area contributed by atoms with E-state index in [-0.39, 0.29) is 23.7 Å². The Kier molecular flexibility index (Phi) is 7.65. The van der Waals surface area contributed by atoms with Gasteiger partial charge in [0.05, 0.1) is 7.11 Å². The molecule has 2 aromatic carbocycles. The molecule has 0 radical (unpaired) electrons. The van der Waals surface area contributed by atoms with Gasteiger partial charge in [0.1, 0.15) is 11.6 Å². The van der Waals surface area contributed by atoms with E-state index in [1.165, 1.54) is 12.1 Å². The highest BCUT2D eigenvalue weighted by Crippen LogP contribution is 2.22. The number of methoxy groups -OCH3 is 1. The van der Waals surface area contributed by atoms with E-state index >= 15 is 0 Å². The van der Waals surface area contributed by atoms with Gasteiger partial charge in [-0.3, -0.25) is 4.79 Å². The molecule has 2 aromatic rings. The molecule has 30 heavy (non-hydrogen) atoms. The summed E-state index contributed by atoms with van der Waals surface area (Å²) in [4.78, 5) is 26.5. The minimum atomic E-state index is -0.338. The molecule has 1 fully saturated rings. The summed E-state index contributed by atoms with van der Waals surface area (Å²) in [6.45, 7) is 1.73. The third-order valence-corrected chi connectivity index (χ3v) is 5.35. The Bertz CT molecular complexity index is 857. The third-order valence-electron chi connectivity index (χ3n) is 5.35. The second kappa shape index (κ2) is 10.6. The zero-order chi connectivity index (χ0) is 21.3. The lowest BCUT2D eigenvalue weighted by Gasteiger charge is -2.32. The van der Waals surface area contributed by atoms with Crippen LogP contribution in [0.1, 0.15) is 31.2 Å². The van der Waals surface area contributed by atoms with Crippen molar-refractivity contribution in [2.24, 2.45) is 5.92 Å². The van der Waals surface area contributed by atoms with Crippen molar-refractivity contribution in [3.63, 3.8) is 0 Å². The minimum Gasteiger partial charge on any atom is -0.496 e. The van der Waals surface area contributed by atoms with Crippen molar-refractivity contribution >= 4 is 17.6 Å². The second-order valence-corrected chi connectivity index (χ2v) is 7.52. The smallest absolute Gasteiger partial charge is 0.321 e. The van der Waals surface area contributed by atoms with Crippen molar-refractivity contribution in [2.75, 3.05) is 25.5 Å². The van der Waals surface area contributed by atoms with Crippen LogP contribution >= 0.6 is 0 Å². The monoisotopic (exact) mass is 413 g/mol. The molecule has 6 nitrogen and oxygen atoms in total. The van der Waals surface area contributed by atoms with Crippen LogP contribution in [0, 0.1) is 11.7 Å². The lowest BCUT2D eigenvalue weighted by atomic mass is 9.93. The van der Waals surface area contributed by atoms with Gasteiger partial charge in [0, 0.05) is 37.3 Å². The van der Waals surface area contributed by atoms with Crippen LogP contribution in [0.2, 0.25) is 0 Å². The molecule has 0 unspecified atom stereocenters. The van der Waals surface area contributed by atoms with Gasteiger partial charge < -0.3 is 20.3 Å². The standard InChI is InChI=1S/C23H28FN3O3/c1-30-21-7-3-2-6-18(21)15-25-22(28)13-8-17-5-4-14-27(16-17)23(29)26-20-11-9-19(24)10-12-20/h2-3,6-7,9-12,17H,4-5,8,13-16H2,1H3,(H,25,28)(H,26,29)/t17-/m1/s1. The Morgan fingerprint density at radius 2 is 1.93 bits per heavy atom. The van der Waals surface area contributed by atoms with Gasteiger partial charge in [0.15, 0.2) is 0 Å². The first kappa shape index (κ1) is 21.6. The third kappa shape index (κ3) is 6.20. The number of nitrogens with one attached hydrogen (secondary N) is 2. The van der Waals surface area contributed by atoms with Gasteiger partial charge in [0.25, 0.3) is 0 Å². The van der Waals surface area contributed by atoms with Gasteiger partial charge >= 0.3 is 6.03 Å². The first-order valence-electron chi connectivity index (χ1n) is 10.2. The average molecular weight is 413 g/mol. The van der Waals surface area contributed by atoms with E-state index in [1.54, 1.807) is 24.1 Å². The molecule has 3 amide bonds. The number of carbonyl (C=O) groups excluding carboxylic acids is 2. The predicted octanol–water partition coefficient (Wildman–Crippen LogP) is 4.17. The van der Waals surface area contributed by atoms with Crippen LogP contribution in [0.3, 0.4) is 0 Å². The Morgan fingerprint density at radius 3 is 2.70 bits per heavy atom.